The zero-order chi connectivity index (χ0) is 14.0. The van der Waals surface area contributed by atoms with Gasteiger partial charge in [-0.1, -0.05) is 0 Å². The van der Waals surface area contributed by atoms with Gasteiger partial charge in [0.1, 0.15) is 11.4 Å². The summed E-state index contributed by atoms with van der Waals surface area (Å²) in [6, 6.07) is 6.43. The van der Waals surface area contributed by atoms with Crippen molar-refractivity contribution < 1.29 is 5.11 Å². The summed E-state index contributed by atoms with van der Waals surface area (Å²) in [7, 11) is 0. The first kappa shape index (κ1) is 13.2. The van der Waals surface area contributed by atoms with Crippen LogP contribution in [-0.4, -0.2) is 20.0 Å². The number of azo groups is 1. The lowest BCUT2D eigenvalue weighted by Gasteiger charge is -1.98. The number of aryl methyl sites for hydroxylation is 1. The standard InChI is InChI=1S/C12H13N5OS/c1-7-11(8(2)17(16-7)12(13)19)15-14-9-3-5-10(18)6-4-9/h3-6,18H,1-2H3,(H2,13,19). The van der Waals surface area contributed by atoms with Gasteiger partial charge in [0.2, 0.25) is 0 Å². The minimum absolute atomic E-state index is 0.173. The third-order valence-corrected chi connectivity index (χ3v) is 2.75. The minimum Gasteiger partial charge on any atom is -0.508 e. The van der Waals surface area contributed by atoms with Crippen molar-refractivity contribution in [1.29, 1.82) is 0 Å². The first-order chi connectivity index (χ1) is 8.99. The van der Waals surface area contributed by atoms with Crippen LogP contribution in [-0.2, 0) is 0 Å². The summed E-state index contributed by atoms with van der Waals surface area (Å²) >= 11 is 4.89. The fourth-order valence-corrected chi connectivity index (χ4v) is 1.80. The number of nitrogens with zero attached hydrogens (tertiary/aromatic N) is 4. The van der Waals surface area contributed by atoms with Gasteiger partial charge in [-0.25, -0.2) is 4.68 Å². The van der Waals surface area contributed by atoms with E-state index >= 15 is 0 Å². The smallest absolute Gasteiger partial charge is 0.191 e. The van der Waals surface area contributed by atoms with Gasteiger partial charge in [-0.3, -0.25) is 0 Å². The normalized spacial score (nSPS) is 11.1. The van der Waals surface area contributed by atoms with Gasteiger partial charge in [0.05, 0.1) is 17.1 Å². The molecule has 7 heteroatoms. The van der Waals surface area contributed by atoms with Crippen molar-refractivity contribution in [2.45, 2.75) is 13.8 Å². The molecule has 2 rings (SSSR count). The molecule has 0 saturated heterocycles. The number of phenolic OH excluding ortho intramolecular Hbond substituents is 1. The second-order valence-corrected chi connectivity index (χ2v) is 4.40. The lowest BCUT2D eigenvalue weighted by Crippen LogP contribution is -2.21. The van der Waals surface area contributed by atoms with Crippen molar-refractivity contribution in [1.82, 2.24) is 9.78 Å². The van der Waals surface area contributed by atoms with Crippen LogP contribution in [0.4, 0.5) is 11.4 Å². The van der Waals surface area contributed by atoms with Crippen molar-refractivity contribution in [3.63, 3.8) is 0 Å². The molecule has 6 nitrogen and oxygen atoms in total. The molecule has 1 aromatic heterocycles. The van der Waals surface area contributed by atoms with Gasteiger partial charge < -0.3 is 10.8 Å². The highest BCUT2D eigenvalue weighted by Gasteiger charge is 2.12. The van der Waals surface area contributed by atoms with Gasteiger partial charge in [-0.05, 0) is 50.3 Å². The zero-order valence-corrected chi connectivity index (χ0v) is 11.3. The topological polar surface area (TPSA) is 88.8 Å². The van der Waals surface area contributed by atoms with Crippen molar-refractivity contribution in [3.8, 4) is 5.75 Å². The Morgan fingerprint density at radius 1 is 1.26 bits per heavy atom. The Morgan fingerprint density at radius 3 is 2.42 bits per heavy atom. The van der Waals surface area contributed by atoms with E-state index in [9.17, 15) is 5.11 Å². The Hall–Kier alpha value is -2.28. The van der Waals surface area contributed by atoms with E-state index < -0.39 is 0 Å². The number of phenols is 1. The van der Waals surface area contributed by atoms with E-state index in [0.717, 1.165) is 5.69 Å². The lowest BCUT2D eigenvalue weighted by molar-refractivity contribution is 0.475. The van der Waals surface area contributed by atoms with Crippen LogP contribution in [0.1, 0.15) is 11.4 Å². The number of hydrogen-bond donors (Lipinski definition) is 2. The summed E-state index contributed by atoms with van der Waals surface area (Å²) in [5.41, 5.74) is 8.28. The number of aromatic nitrogens is 2. The summed E-state index contributed by atoms with van der Waals surface area (Å²) in [5, 5.41) is 21.8. The van der Waals surface area contributed by atoms with E-state index in [-0.39, 0.29) is 10.9 Å². The Bertz CT molecular complexity index is 645. The predicted octanol–water partition coefficient (Wildman–Crippen LogP) is 2.71. The van der Waals surface area contributed by atoms with E-state index in [2.05, 4.69) is 15.3 Å². The monoisotopic (exact) mass is 275 g/mol. The first-order valence-electron chi connectivity index (χ1n) is 5.56. The SMILES string of the molecule is Cc1nn(C(N)=S)c(C)c1N=Nc1ccc(O)cc1. The molecular formula is C12H13N5OS. The Labute approximate surface area is 115 Å². The Morgan fingerprint density at radius 2 is 1.89 bits per heavy atom. The van der Waals surface area contributed by atoms with Crippen molar-refractivity contribution in [3.05, 3.63) is 35.7 Å². The van der Waals surface area contributed by atoms with Gasteiger partial charge in [0.15, 0.2) is 5.11 Å². The molecule has 1 heterocycles. The molecule has 0 atom stereocenters. The summed E-state index contributed by atoms with van der Waals surface area (Å²) in [4.78, 5) is 0. The summed E-state index contributed by atoms with van der Waals surface area (Å²) < 4.78 is 1.45. The van der Waals surface area contributed by atoms with Gasteiger partial charge in [0, 0.05) is 0 Å². The first-order valence-corrected chi connectivity index (χ1v) is 5.96. The number of thiocarbonyl (C=S) groups is 1. The molecule has 0 unspecified atom stereocenters. The number of aromatic hydroxyl groups is 1. The van der Waals surface area contributed by atoms with E-state index in [4.69, 9.17) is 18.0 Å². The second kappa shape index (κ2) is 5.15. The van der Waals surface area contributed by atoms with Crippen LogP contribution in [0, 0.1) is 13.8 Å². The highest BCUT2D eigenvalue weighted by atomic mass is 32.1. The van der Waals surface area contributed by atoms with Gasteiger partial charge in [0.25, 0.3) is 0 Å². The van der Waals surface area contributed by atoms with E-state index in [1.165, 1.54) is 4.68 Å². The summed E-state index contributed by atoms with van der Waals surface area (Å²) in [6.07, 6.45) is 0. The predicted molar refractivity (Wildman–Crippen MR) is 76.2 cm³/mol. The number of hydrogen-bond acceptors (Lipinski definition) is 5. The van der Waals surface area contributed by atoms with Gasteiger partial charge in [-0.2, -0.15) is 10.2 Å². The molecule has 98 valence electrons. The van der Waals surface area contributed by atoms with Crippen molar-refractivity contribution in [2.75, 3.05) is 0 Å². The van der Waals surface area contributed by atoms with Crippen LogP contribution in [0.5, 0.6) is 5.75 Å². The molecule has 19 heavy (non-hydrogen) atoms. The van der Waals surface area contributed by atoms with E-state index in [1.807, 2.05) is 13.8 Å². The van der Waals surface area contributed by atoms with E-state index in [0.29, 0.717) is 17.1 Å². The molecule has 0 saturated carbocycles. The fourth-order valence-electron chi connectivity index (χ4n) is 1.62. The molecule has 0 bridgehead atoms. The van der Waals surface area contributed by atoms with E-state index in [1.54, 1.807) is 24.3 Å². The molecule has 0 aliphatic heterocycles. The van der Waals surface area contributed by atoms with Crippen molar-refractivity contribution >= 4 is 28.7 Å². The maximum Gasteiger partial charge on any atom is 0.191 e. The van der Waals surface area contributed by atoms with Crippen LogP contribution in [0.2, 0.25) is 0 Å². The molecule has 3 N–H and O–H groups in total. The van der Waals surface area contributed by atoms with Crippen LogP contribution in [0.25, 0.3) is 0 Å². The molecule has 0 radical (unpaired) electrons. The maximum atomic E-state index is 9.18. The molecule has 0 amide bonds. The highest BCUT2D eigenvalue weighted by Crippen LogP contribution is 2.26. The lowest BCUT2D eigenvalue weighted by atomic mass is 10.3. The third-order valence-electron chi connectivity index (χ3n) is 2.58. The average molecular weight is 275 g/mol. The highest BCUT2D eigenvalue weighted by molar-refractivity contribution is 7.80. The molecule has 0 aliphatic carbocycles. The molecule has 1 aromatic carbocycles. The third kappa shape index (κ3) is 2.76. The molecule has 0 spiro atoms. The minimum atomic E-state index is 0.173. The van der Waals surface area contributed by atoms with Gasteiger partial charge >= 0.3 is 0 Å². The zero-order valence-electron chi connectivity index (χ0n) is 10.5. The second-order valence-electron chi connectivity index (χ2n) is 3.99. The average Bonchev–Trinajstić information content (AvgIpc) is 2.65. The maximum absolute atomic E-state index is 9.18. The molecule has 0 fully saturated rings. The largest absolute Gasteiger partial charge is 0.508 e. The van der Waals surface area contributed by atoms with Gasteiger partial charge in [-0.15, -0.1) is 5.11 Å². The van der Waals surface area contributed by atoms with Crippen LogP contribution < -0.4 is 5.73 Å². The summed E-state index contributed by atoms with van der Waals surface area (Å²) in [6.45, 7) is 3.64. The fraction of sp³-hybridized carbons (Fsp3) is 0.167. The van der Waals surface area contributed by atoms with Crippen molar-refractivity contribution in [2.24, 2.45) is 16.0 Å². The van der Waals surface area contributed by atoms with Crippen LogP contribution in [0.3, 0.4) is 0 Å². The molecular weight excluding hydrogens is 262 g/mol. The van der Waals surface area contributed by atoms with Crippen LogP contribution in [0.15, 0.2) is 34.5 Å². The number of rotatable bonds is 2. The Kier molecular flexibility index (Phi) is 3.57. The van der Waals surface area contributed by atoms with Crippen LogP contribution >= 0.6 is 12.2 Å². The Balaban J connectivity index is 2.33. The number of benzene rings is 1. The molecule has 2 aromatic rings. The summed E-state index contributed by atoms with van der Waals surface area (Å²) in [5.74, 6) is 0.188. The molecule has 0 aliphatic rings. The number of nitrogens with two attached hydrogens (primary N) is 1. The quantitative estimate of drug-likeness (QED) is 0.651.